The topological polar surface area (TPSA) is 77.8 Å². The van der Waals surface area contributed by atoms with Gasteiger partial charge in [0.05, 0.1) is 5.56 Å². The van der Waals surface area contributed by atoms with Gasteiger partial charge in [-0.1, -0.05) is 97.1 Å². The number of fused-ring (bicyclic) bond motifs is 1. The summed E-state index contributed by atoms with van der Waals surface area (Å²) in [5.74, 6) is 0.339. The largest absolute Gasteiger partial charge is 0.456 e. The molecule has 1 aliphatic carbocycles. The average molecular weight is 504 g/mol. The fourth-order valence-electron chi connectivity index (χ4n) is 4.75. The predicted octanol–water partition coefficient (Wildman–Crippen LogP) is 7.68. The Morgan fingerprint density at radius 1 is 0.816 bits per heavy atom. The van der Waals surface area contributed by atoms with E-state index >= 15 is 0 Å². The molecule has 1 heterocycles. The van der Waals surface area contributed by atoms with Crippen LogP contribution >= 0.6 is 0 Å². The molecule has 1 saturated carbocycles. The van der Waals surface area contributed by atoms with E-state index in [0.29, 0.717) is 17.9 Å². The third kappa shape index (κ3) is 4.64. The number of rotatable bonds is 8. The van der Waals surface area contributed by atoms with Crippen LogP contribution in [0.2, 0.25) is 0 Å². The highest BCUT2D eigenvalue weighted by Gasteiger charge is 2.46. The van der Waals surface area contributed by atoms with Crippen molar-refractivity contribution in [1.82, 2.24) is 0 Å². The smallest absolute Gasteiger partial charge is 0.414 e. The molecule has 0 bridgehead atoms. The van der Waals surface area contributed by atoms with Crippen molar-refractivity contribution in [2.75, 3.05) is 5.32 Å². The Labute approximate surface area is 219 Å². The first-order valence-corrected chi connectivity index (χ1v) is 12.5. The molecule has 1 aliphatic rings. The van der Waals surface area contributed by atoms with Gasteiger partial charge >= 0.3 is 6.09 Å². The summed E-state index contributed by atoms with van der Waals surface area (Å²) >= 11 is 0. The van der Waals surface area contributed by atoms with Crippen molar-refractivity contribution < 1.29 is 23.5 Å². The Balaban J connectivity index is 1.24. The van der Waals surface area contributed by atoms with Gasteiger partial charge in [-0.25, -0.2) is 4.79 Å². The summed E-state index contributed by atoms with van der Waals surface area (Å²) in [6.45, 7) is 0.698. The van der Waals surface area contributed by atoms with Crippen LogP contribution in [0, 0.1) is 0 Å². The Hall–Kier alpha value is -4.84. The van der Waals surface area contributed by atoms with E-state index in [4.69, 9.17) is 13.9 Å². The zero-order chi connectivity index (χ0) is 26.0. The van der Waals surface area contributed by atoms with Gasteiger partial charge in [-0.05, 0) is 46.7 Å². The van der Waals surface area contributed by atoms with Crippen LogP contribution in [0.25, 0.3) is 33.2 Å². The van der Waals surface area contributed by atoms with Crippen LogP contribution in [-0.4, -0.2) is 12.6 Å². The summed E-state index contributed by atoms with van der Waals surface area (Å²) in [6.07, 6.45) is 1.13. The monoisotopic (exact) mass is 503 g/mol. The number of furan rings is 1. The molecule has 4 aromatic carbocycles. The maximum atomic E-state index is 12.6. The second kappa shape index (κ2) is 9.90. The molecule has 5 aromatic rings. The number of hydrogen-bond acceptors (Lipinski definition) is 5. The minimum absolute atomic E-state index is 0.165. The minimum atomic E-state index is -0.585. The molecule has 0 unspecified atom stereocenters. The van der Waals surface area contributed by atoms with Crippen molar-refractivity contribution >= 4 is 29.4 Å². The first-order chi connectivity index (χ1) is 18.6. The van der Waals surface area contributed by atoms with Crippen LogP contribution in [0.3, 0.4) is 0 Å². The van der Waals surface area contributed by atoms with Gasteiger partial charge in [-0.15, -0.1) is 0 Å². The van der Waals surface area contributed by atoms with Crippen molar-refractivity contribution in [3.63, 3.8) is 0 Å². The molecule has 0 radical (unpaired) electrons. The van der Waals surface area contributed by atoms with Gasteiger partial charge in [0.1, 0.15) is 17.8 Å². The number of carbonyl (C=O) groups is 2. The quantitative estimate of drug-likeness (QED) is 0.220. The second-order valence-corrected chi connectivity index (χ2v) is 9.35. The zero-order valence-corrected chi connectivity index (χ0v) is 20.6. The first-order valence-electron chi connectivity index (χ1n) is 12.5. The van der Waals surface area contributed by atoms with Gasteiger partial charge in [0.25, 0.3) is 6.47 Å². The van der Waals surface area contributed by atoms with Crippen LogP contribution in [0.5, 0.6) is 0 Å². The van der Waals surface area contributed by atoms with Gasteiger partial charge in [-0.3, -0.25) is 10.1 Å². The van der Waals surface area contributed by atoms with Crippen LogP contribution in [-0.2, 0) is 26.5 Å². The van der Waals surface area contributed by atoms with Crippen molar-refractivity contribution in [2.24, 2.45) is 0 Å². The van der Waals surface area contributed by atoms with Crippen LogP contribution in [0.4, 0.5) is 10.7 Å². The molecular formula is C32H25NO5. The molecule has 1 fully saturated rings. The number of hydrogen-bond donors (Lipinski definition) is 1. The van der Waals surface area contributed by atoms with E-state index in [-0.39, 0.29) is 6.61 Å². The summed E-state index contributed by atoms with van der Waals surface area (Å²) in [5, 5.41) is 3.68. The Morgan fingerprint density at radius 3 is 2.13 bits per heavy atom. The van der Waals surface area contributed by atoms with Gasteiger partial charge < -0.3 is 13.9 Å². The van der Waals surface area contributed by atoms with E-state index in [2.05, 4.69) is 5.32 Å². The Bertz CT molecular complexity index is 1580. The van der Waals surface area contributed by atoms with Gasteiger partial charge in [0.2, 0.25) is 5.88 Å². The number of para-hydroxylation sites is 1. The maximum absolute atomic E-state index is 12.6. The third-order valence-corrected chi connectivity index (χ3v) is 6.92. The second-order valence-electron chi connectivity index (χ2n) is 9.35. The highest BCUT2D eigenvalue weighted by molar-refractivity contribution is 6.03. The molecule has 0 spiro atoms. The Morgan fingerprint density at radius 2 is 1.45 bits per heavy atom. The minimum Gasteiger partial charge on any atom is -0.456 e. The lowest BCUT2D eigenvalue weighted by atomic mass is 9.97. The fraction of sp³-hybridized carbons (Fsp3) is 0.125. The highest BCUT2D eigenvalue weighted by atomic mass is 16.6. The Kier molecular flexibility index (Phi) is 6.14. The van der Waals surface area contributed by atoms with Crippen molar-refractivity contribution in [3.05, 3.63) is 114 Å². The third-order valence-electron chi connectivity index (χ3n) is 6.92. The summed E-state index contributed by atoms with van der Waals surface area (Å²) < 4.78 is 16.7. The number of nitrogens with one attached hydrogen (secondary N) is 1. The van der Waals surface area contributed by atoms with E-state index in [0.717, 1.165) is 51.6 Å². The van der Waals surface area contributed by atoms with Crippen molar-refractivity contribution in [2.45, 2.75) is 25.0 Å². The first kappa shape index (κ1) is 23.6. The highest BCUT2D eigenvalue weighted by Crippen LogP contribution is 2.49. The number of carbonyl (C=O) groups excluding carboxylic acids is 2. The number of anilines is 1. The van der Waals surface area contributed by atoms with Gasteiger partial charge in [-0.2, -0.15) is 0 Å². The molecule has 1 aromatic heterocycles. The van der Waals surface area contributed by atoms with Crippen molar-refractivity contribution in [1.29, 1.82) is 0 Å². The summed E-state index contributed by atoms with van der Waals surface area (Å²) in [5.41, 5.74) is 5.95. The SMILES string of the molecule is O=COC1(c2ccc(-c3ccc(-c4c(NC(=O)OCc5ccccc5)oc5ccccc45)cc3)cc2)CC1. The molecule has 1 N–H and O–H groups in total. The van der Waals surface area contributed by atoms with Gasteiger partial charge in [0, 0.05) is 5.39 Å². The summed E-state index contributed by atoms with van der Waals surface area (Å²) in [4.78, 5) is 23.5. The normalized spacial score (nSPS) is 13.6. The molecule has 6 rings (SSSR count). The van der Waals surface area contributed by atoms with E-state index in [1.165, 1.54) is 0 Å². The fourth-order valence-corrected chi connectivity index (χ4v) is 4.75. The van der Waals surface area contributed by atoms with E-state index in [1.807, 2.05) is 103 Å². The standard InChI is InChI=1S/C32H25NO5/c34-21-37-32(18-19-32)26-16-14-24(15-17-26)23-10-12-25(13-11-23)29-27-8-4-5-9-28(27)38-30(29)33-31(35)36-20-22-6-2-1-3-7-22/h1-17,21H,18-20H2,(H,33,35). The lowest BCUT2D eigenvalue weighted by molar-refractivity contribution is -0.136. The van der Waals surface area contributed by atoms with E-state index in [1.54, 1.807) is 0 Å². The number of amides is 1. The molecule has 6 nitrogen and oxygen atoms in total. The molecule has 0 atom stereocenters. The molecule has 0 aliphatic heterocycles. The summed E-state index contributed by atoms with van der Waals surface area (Å²) in [6, 6.07) is 33.4. The van der Waals surface area contributed by atoms with E-state index < -0.39 is 11.7 Å². The molecule has 188 valence electrons. The maximum Gasteiger partial charge on any atom is 0.414 e. The summed E-state index contributed by atoms with van der Waals surface area (Å²) in [7, 11) is 0. The molecule has 6 heteroatoms. The van der Waals surface area contributed by atoms with Crippen LogP contribution in [0.1, 0.15) is 24.0 Å². The predicted molar refractivity (Wildman–Crippen MR) is 145 cm³/mol. The molecule has 1 amide bonds. The average Bonchev–Trinajstić information content (AvgIpc) is 3.66. The molecule has 0 saturated heterocycles. The lowest BCUT2D eigenvalue weighted by Gasteiger charge is -2.14. The van der Waals surface area contributed by atoms with Crippen molar-refractivity contribution in [3.8, 4) is 22.3 Å². The number of benzene rings is 4. The van der Waals surface area contributed by atoms with Crippen LogP contribution in [0.15, 0.2) is 108 Å². The lowest BCUT2D eigenvalue weighted by Crippen LogP contribution is -2.13. The zero-order valence-electron chi connectivity index (χ0n) is 20.6. The molecular weight excluding hydrogens is 478 g/mol. The van der Waals surface area contributed by atoms with Crippen LogP contribution < -0.4 is 5.32 Å². The van der Waals surface area contributed by atoms with Gasteiger partial charge in [0.15, 0.2) is 0 Å². The van der Waals surface area contributed by atoms with E-state index in [9.17, 15) is 9.59 Å². The molecule has 38 heavy (non-hydrogen) atoms. The number of ether oxygens (including phenoxy) is 2.